The van der Waals surface area contributed by atoms with Gasteiger partial charge >= 0.3 is 0 Å². The number of nitrogens with one attached hydrogen (secondary N) is 1. The highest BCUT2D eigenvalue weighted by molar-refractivity contribution is 6.00. The van der Waals surface area contributed by atoms with Crippen molar-refractivity contribution in [1.82, 2.24) is 30.0 Å². The van der Waals surface area contributed by atoms with Gasteiger partial charge in [-0.2, -0.15) is 0 Å². The van der Waals surface area contributed by atoms with Crippen LogP contribution in [0.2, 0.25) is 0 Å². The summed E-state index contributed by atoms with van der Waals surface area (Å²) in [7, 11) is 0. The molecule has 4 heterocycles. The Bertz CT molecular complexity index is 1560. The second kappa shape index (κ2) is 15.4. The molecule has 6 rings (SSSR count). The van der Waals surface area contributed by atoms with E-state index in [1.54, 1.807) is 0 Å². The van der Waals surface area contributed by atoms with Gasteiger partial charge < -0.3 is 9.80 Å². The van der Waals surface area contributed by atoms with E-state index in [9.17, 15) is 14.4 Å². The molecule has 0 spiro atoms. The lowest BCUT2D eigenvalue weighted by Crippen LogP contribution is -2.51. The Balaban J connectivity index is 0.962. The number of hydrogen-bond acceptors (Lipinski definition) is 8. The van der Waals surface area contributed by atoms with Crippen LogP contribution in [0.25, 0.3) is 0 Å². The molecule has 0 saturated carbocycles. The number of carbonyl (C=O) groups excluding carboxylic acids is 3. The number of carbonyl (C=O) groups is 3. The number of nitrogens with zero attached hydrogens (tertiary/aromatic N) is 6. The zero-order chi connectivity index (χ0) is 33.6. The quantitative estimate of drug-likeness (QED) is 0.241. The highest BCUT2D eigenvalue weighted by atomic mass is 16.2. The van der Waals surface area contributed by atoms with E-state index in [1.807, 2.05) is 19.3 Å². The van der Waals surface area contributed by atoms with Gasteiger partial charge in [-0.1, -0.05) is 44.2 Å². The van der Waals surface area contributed by atoms with Crippen LogP contribution in [0.1, 0.15) is 85.0 Å². The molecular formula is C38H49N7O3. The van der Waals surface area contributed by atoms with Crippen LogP contribution < -0.4 is 10.2 Å². The first-order valence-electron chi connectivity index (χ1n) is 17.5. The molecular weight excluding hydrogens is 602 g/mol. The van der Waals surface area contributed by atoms with Gasteiger partial charge in [0.15, 0.2) is 0 Å². The SMILES string of the molecule is Cc1ccc(C2CCN(Cc3ccc(N4CCN(Cc5ncc(C(C)C)cn5)CC4)cc3)CC2)cc1CN(C=O)C1CCC(=O)NC1=O. The van der Waals surface area contributed by atoms with Crippen LogP contribution in [0, 0.1) is 6.92 Å². The van der Waals surface area contributed by atoms with Crippen molar-refractivity contribution in [3.05, 3.63) is 88.5 Å². The second-order valence-electron chi connectivity index (χ2n) is 14.0. The Labute approximate surface area is 284 Å². The Kier molecular flexibility index (Phi) is 10.8. The number of benzene rings is 2. The predicted molar refractivity (Wildman–Crippen MR) is 186 cm³/mol. The molecule has 48 heavy (non-hydrogen) atoms. The van der Waals surface area contributed by atoms with E-state index in [4.69, 9.17) is 0 Å². The molecule has 0 aliphatic carbocycles. The average molecular weight is 652 g/mol. The van der Waals surface area contributed by atoms with Crippen molar-refractivity contribution < 1.29 is 14.4 Å². The smallest absolute Gasteiger partial charge is 0.249 e. The lowest BCUT2D eigenvalue weighted by atomic mass is 9.87. The Morgan fingerprint density at radius 3 is 2.23 bits per heavy atom. The molecule has 3 aromatic rings. The number of hydrogen-bond donors (Lipinski definition) is 1. The van der Waals surface area contributed by atoms with Crippen molar-refractivity contribution in [2.45, 2.75) is 84.0 Å². The summed E-state index contributed by atoms with van der Waals surface area (Å²) in [6.07, 6.45) is 7.46. The number of aromatic nitrogens is 2. The van der Waals surface area contributed by atoms with Crippen molar-refractivity contribution in [3.8, 4) is 0 Å². The summed E-state index contributed by atoms with van der Waals surface area (Å²) in [6, 6.07) is 15.1. The number of anilines is 1. The van der Waals surface area contributed by atoms with E-state index in [0.29, 0.717) is 24.8 Å². The van der Waals surface area contributed by atoms with E-state index >= 15 is 0 Å². The van der Waals surface area contributed by atoms with Gasteiger partial charge in [-0.15, -0.1) is 0 Å². The van der Waals surface area contributed by atoms with E-state index in [0.717, 1.165) is 88.6 Å². The fourth-order valence-corrected chi connectivity index (χ4v) is 7.14. The van der Waals surface area contributed by atoms with E-state index < -0.39 is 6.04 Å². The third-order valence-corrected chi connectivity index (χ3v) is 10.4. The molecule has 1 atom stereocenters. The highest BCUT2D eigenvalue weighted by Gasteiger charge is 2.31. The van der Waals surface area contributed by atoms with E-state index in [-0.39, 0.29) is 18.2 Å². The maximum atomic E-state index is 12.4. The van der Waals surface area contributed by atoms with Crippen molar-refractivity contribution in [1.29, 1.82) is 0 Å². The molecule has 10 heteroatoms. The maximum absolute atomic E-state index is 12.4. The number of likely N-dealkylation sites (tertiary alicyclic amines) is 1. The van der Waals surface area contributed by atoms with Gasteiger partial charge in [0.05, 0.1) is 6.54 Å². The van der Waals surface area contributed by atoms with Crippen molar-refractivity contribution in [3.63, 3.8) is 0 Å². The van der Waals surface area contributed by atoms with Crippen LogP contribution in [0.5, 0.6) is 0 Å². The maximum Gasteiger partial charge on any atom is 0.249 e. The van der Waals surface area contributed by atoms with Crippen LogP contribution in [0.4, 0.5) is 5.69 Å². The Hall–Kier alpha value is -4.15. The summed E-state index contributed by atoms with van der Waals surface area (Å²) < 4.78 is 0. The highest BCUT2D eigenvalue weighted by Crippen LogP contribution is 2.31. The fourth-order valence-electron chi connectivity index (χ4n) is 7.14. The molecule has 3 aliphatic rings. The normalized spacial score (nSPS) is 19.8. The minimum absolute atomic E-state index is 0.255. The number of imide groups is 1. The zero-order valence-electron chi connectivity index (χ0n) is 28.6. The van der Waals surface area contributed by atoms with Gasteiger partial charge in [-0.05, 0) is 91.1 Å². The van der Waals surface area contributed by atoms with Gasteiger partial charge in [0.2, 0.25) is 18.2 Å². The molecule has 3 amide bonds. The van der Waals surface area contributed by atoms with Gasteiger partial charge in [0, 0.05) is 63.8 Å². The molecule has 3 aliphatic heterocycles. The summed E-state index contributed by atoms with van der Waals surface area (Å²) in [5.74, 6) is 1.16. The molecule has 1 unspecified atom stereocenters. The molecule has 0 radical (unpaired) electrons. The zero-order valence-corrected chi connectivity index (χ0v) is 28.6. The van der Waals surface area contributed by atoms with Crippen LogP contribution >= 0.6 is 0 Å². The summed E-state index contributed by atoms with van der Waals surface area (Å²) >= 11 is 0. The van der Waals surface area contributed by atoms with Crippen LogP contribution in [0.15, 0.2) is 54.9 Å². The standard InChI is InChI=1S/C38H49N7O3/c1-27(2)33-21-39-36(40-22-33)25-43-16-18-44(19-17-43)34-8-5-29(6-9-34)23-42-14-12-30(13-15-42)31-7-4-28(3)32(20-31)24-45(26-46)35-10-11-37(47)41-38(35)48/h4-9,20-22,26-27,30,35H,10-19,23-25H2,1-3H3,(H,41,47,48). The fraction of sp³-hybridized carbons (Fsp3) is 0.500. The number of amides is 3. The summed E-state index contributed by atoms with van der Waals surface area (Å²) in [5, 5.41) is 2.37. The first-order chi connectivity index (χ1) is 23.2. The van der Waals surface area contributed by atoms with E-state index in [2.05, 4.69) is 86.3 Å². The molecule has 254 valence electrons. The molecule has 3 fully saturated rings. The van der Waals surface area contributed by atoms with Gasteiger partial charge in [-0.25, -0.2) is 9.97 Å². The summed E-state index contributed by atoms with van der Waals surface area (Å²) in [5.41, 5.74) is 7.27. The van der Waals surface area contributed by atoms with Crippen LogP contribution in [0.3, 0.4) is 0 Å². The molecule has 1 aromatic heterocycles. The monoisotopic (exact) mass is 651 g/mol. The lowest BCUT2D eigenvalue weighted by molar-refractivity contribution is -0.141. The van der Waals surface area contributed by atoms with Crippen LogP contribution in [-0.2, 0) is 34.0 Å². The lowest BCUT2D eigenvalue weighted by Gasteiger charge is -2.36. The third kappa shape index (κ3) is 8.28. The average Bonchev–Trinajstić information content (AvgIpc) is 3.09. The largest absolute Gasteiger partial charge is 0.369 e. The van der Waals surface area contributed by atoms with Crippen LogP contribution in [-0.4, -0.2) is 88.2 Å². The molecule has 3 saturated heterocycles. The first-order valence-corrected chi connectivity index (χ1v) is 17.5. The predicted octanol–water partition coefficient (Wildman–Crippen LogP) is 4.37. The van der Waals surface area contributed by atoms with Crippen molar-refractivity contribution in [2.75, 3.05) is 44.2 Å². The molecule has 0 bridgehead atoms. The number of rotatable bonds is 11. The Morgan fingerprint density at radius 1 is 0.896 bits per heavy atom. The first kappa shape index (κ1) is 33.7. The Morgan fingerprint density at radius 2 is 1.58 bits per heavy atom. The molecule has 10 nitrogen and oxygen atoms in total. The summed E-state index contributed by atoms with van der Waals surface area (Å²) in [4.78, 5) is 54.1. The van der Waals surface area contributed by atoms with Gasteiger partial charge in [0.1, 0.15) is 11.9 Å². The minimum atomic E-state index is -0.607. The molecule has 2 aromatic carbocycles. The molecule has 1 N–H and O–H groups in total. The van der Waals surface area contributed by atoms with Gasteiger partial charge in [0.25, 0.3) is 0 Å². The second-order valence-corrected chi connectivity index (χ2v) is 14.0. The number of piperidine rings is 2. The number of aryl methyl sites for hydroxylation is 1. The van der Waals surface area contributed by atoms with Crippen molar-refractivity contribution >= 4 is 23.9 Å². The van der Waals surface area contributed by atoms with E-state index in [1.165, 1.54) is 27.3 Å². The van der Waals surface area contributed by atoms with Crippen molar-refractivity contribution in [2.24, 2.45) is 0 Å². The minimum Gasteiger partial charge on any atom is -0.369 e. The topological polar surface area (TPSA) is 102 Å². The number of piperazine rings is 1. The third-order valence-electron chi connectivity index (χ3n) is 10.4. The summed E-state index contributed by atoms with van der Waals surface area (Å²) in [6.45, 7) is 14.6. The van der Waals surface area contributed by atoms with Gasteiger partial charge in [-0.3, -0.25) is 29.5 Å².